The number of nitrogens with two attached hydrogens (primary N) is 1. The van der Waals surface area contributed by atoms with E-state index in [0.717, 1.165) is 31.7 Å². The van der Waals surface area contributed by atoms with Crippen LogP contribution >= 0.6 is 0 Å². The molecule has 0 atom stereocenters. The molecule has 0 amide bonds. The quantitative estimate of drug-likeness (QED) is 0.612. The van der Waals surface area contributed by atoms with Crippen molar-refractivity contribution in [1.29, 1.82) is 0 Å². The molecule has 130 valence electrons. The molecule has 0 spiro atoms. The molecule has 2 aromatic rings. The molecule has 0 aromatic heterocycles. The third-order valence-electron chi connectivity index (χ3n) is 4.64. The Morgan fingerprint density at radius 1 is 0.792 bits per heavy atom. The first-order valence-electron chi connectivity index (χ1n) is 9.14. The van der Waals surface area contributed by atoms with Crippen LogP contribution in [0.3, 0.4) is 0 Å². The minimum absolute atomic E-state index is 0.791. The van der Waals surface area contributed by atoms with Gasteiger partial charge in [-0.1, -0.05) is 49.6 Å². The fraction of sp³-hybridized carbons (Fsp3) is 0.455. The van der Waals surface area contributed by atoms with Crippen molar-refractivity contribution in [1.82, 2.24) is 0 Å². The molecule has 0 radical (unpaired) electrons. The molecule has 2 heteroatoms. The lowest BCUT2D eigenvalue weighted by atomic mass is 9.92. The molecule has 0 saturated carbocycles. The summed E-state index contributed by atoms with van der Waals surface area (Å²) >= 11 is 0. The van der Waals surface area contributed by atoms with Crippen LogP contribution in [0.5, 0.6) is 5.75 Å². The number of hydrogen-bond acceptors (Lipinski definition) is 2. The van der Waals surface area contributed by atoms with Crippen molar-refractivity contribution in [3.05, 3.63) is 53.1 Å². The standard InChI is InChI=1S/C22H31NO/c1-17-11-7-8-12-20(17)22-18(2)13-14-21(19(22)3)24-16-10-6-4-5-9-15-23/h7-8,11-14H,4-6,9-10,15-16,23H2,1-3H3. The molecule has 0 aliphatic rings. The van der Waals surface area contributed by atoms with Gasteiger partial charge in [-0.15, -0.1) is 0 Å². The number of rotatable bonds is 9. The normalized spacial score (nSPS) is 10.8. The second-order valence-corrected chi connectivity index (χ2v) is 6.60. The largest absolute Gasteiger partial charge is 0.493 e. The van der Waals surface area contributed by atoms with Crippen LogP contribution in [-0.2, 0) is 0 Å². The Kier molecular flexibility index (Phi) is 7.33. The van der Waals surface area contributed by atoms with E-state index in [9.17, 15) is 0 Å². The van der Waals surface area contributed by atoms with Crippen molar-refractivity contribution < 1.29 is 4.74 Å². The maximum absolute atomic E-state index is 6.08. The summed E-state index contributed by atoms with van der Waals surface area (Å²) in [5.74, 6) is 1.01. The summed E-state index contributed by atoms with van der Waals surface area (Å²) in [5.41, 5.74) is 12.0. The van der Waals surface area contributed by atoms with Gasteiger partial charge in [-0.3, -0.25) is 0 Å². The summed E-state index contributed by atoms with van der Waals surface area (Å²) in [6.07, 6.45) is 5.95. The maximum atomic E-state index is 6.08. The van der Waals surface area contributed by atoms with Gasteiger partial charge in [-0.05, 0) is 74.0 Å². The lowest BCUT2D eigenvalue weighted by Gasteiger charge is -2.17. The Balaban J connectivity index is 2.03. The molecule has 2 rings (SSSR count). The Morgan fingerprint density at radius 2 is 1.50 bits per heavy atom. The molecule has 0 fully saturated rings. The van der Waals surface area contributed by atoms with Crippen molar-refractivity contribution in [2.75, 3.05) is 13.2 Å². The average molecular weight is 325 g/mol. The summed E-state index contributed by atoms with van der Waals surface area (Å²) in [5, 5.41) is 0. The van der Waals surface area contributed by atoms with E-state index in [0.29, 0.717) is 0 Å². The highest BCUT2D eigenvalue weighted by molar-refractivity contribution is 5.75. The Hall–Kier alpha value is -1.80. The predicted octanol–water partition coefficient (Wildman–Crippen LogP) is 5.57. The van der Waals surface area contributed by atoms with Gasteiger partial charge < -0.3 is 10.5 Å². The predicted molar refractivity (Wildman–Crippen MR) is 104 cm³/mol. The van der Waals surface area contributed by atoms with Gasteiger partial charge in [0.05, 0.1) is 6.61 Å². The van der Waals surface area contributed by atoms with E-state index < -0.39 is 0 Å². The topological polar surface area (TPSA) is 35.2 Å². The highest BCUT2D eigenvalue weighted by Crippen LogP contribution is 2.34. The Morgan fingerprint density at radius 3 is 2.25 bits per heavy atom. The monoisotopic (exact) mass is 325 g/mol. The highest BCUT2D eigenvalue weighted by Gasteiger charge is 2.12. The highest BCUT2D eigenvalue weighted by atomic mass is 16.5. The van der Waals surface area contributed by atoms with Gasteiger partial charge in [-0.25, -0.2) is 0 Å². The van der Waals surface area contributed by atoms with E-state index in [1.54, 1.807) is 0 Å². The second-order valence-electron chi connectivity index (χ2n) is 6.60. The minimum atomic E-state index is 0.791. The lowest BCUT2D eigenvalue weighted by Crippen LogP contribution is -2.02. The molecule has 0 heterocycles. The molecule has 2 N–H and O–H groups in total. The van der Waals surface area contributed by atoms with Crippen LogP contribution in [0.4, 0.5) is 0 Å². The fourth-order valence-corrected chi connectivity index (χ4v) is 3.21. The SMILES string of the molecule is Cc1ccccc1-c1c(C)ccc(OCCCCCCCN)c1C. The smallest absolute Gasteiger partial charge is 0.122 e. The van der Waals surface area contributed by atoms with Gasteiger partial charge in [0.1, 0.15) is 5.75 Å². The molecule has 0 saturated heterocycles. The van der Waals surface area contributed by atoms with E-state index in [2.05, 4.69) is 57.2 Å². The number of benzene rings is 2. The van der Waals surface area contributed by atoms with Gasteiger partial charge in [0, 0.05) is 0 Å². The molecule has 24 heavy (non-hydrogen) atoms. The van der Waals surface area contributed by atoms with Gasteiger partial charge >= 0.3 is 0 Å². The van der Waals surface area contributed by atoms with E-state index in [4.69, 9.17) is 10.5 Å². The first-order valence-corrected chi connectivity index (χ1v) is 9.14. The molecule has 0 bridgehead atoms. The molecule has 0 aliphatic carbocycles. The summed E-state index contributed by atoms with van der Waals surface area (Å²) in [6, 6.07) is 12.9. The second kappa shape index (κ2) is 9.48. The van der Waals surface area contributed by atoms with Crippen molar-refractivity contribution in [2.24, 2.45) is 5.73 Å². The van der Waals surface area contributed by atoms with Gasteiger partial charge in [-0.2, -0.15) is 0 Å². The van der Waals surface area contributed by atoms with Crippen LogP contribution in [-0.4, -0.2) is 13.2 Å². The molecule has 0 aliphatic heterocycles. The van der Waals surface area contributed by atoms with E-state index in [-0.39, 0.29) is 0 Å². The van der Waals surface area contributed by atoms with Crippen molar-refractivity contribution in [3.8, 4) is 16.9 Å². The van der Waals surface area contributed by atoms with Crippen molar-refractivity contribution in [3.63, 3.8) is 0 Å². The molecule has 2 nitrogen and oxygen atoms in total. The van der Waals surface area contributed by atoms with Crippen molar-refractivity contribution in [2.45, 2.75) is 52.9 Å². The number of aryl methyl sites for hydroxylation is 2. The Labute approximate surface area is 147 Å². The fourth-order valence-electron chi connectivity index (χ4n) is 3.21. The third-order valence-corrected chi connectivity index (χ3v) is 4.64. The van der Waals surface area contributed by atoms with E-state index in [1.807, 2.05) is 0 Å². The van der Waals surface area contributed by atoms with Gasteiger partial charge in [0.25, 0.3) is 0 Å². The Bertz CT molecular complexity index is 648. The summed E-state index contributed by atoms with van der Waals surface area (Å²) < 4.78 is 6.08. The third kappa shape index (κ3) is 4.85. The first kappa shape index (κ1) is 18.5. The van der Waals surface area contributed by atoms with Gasteiger partial charge in [0.2, 0.25) is 0 Å². The molecule has 0 unspecified atom stereocenters. The molecular formula is C22H31NO. The zero-order chi connectivity index (χ0) is 17.4. The van der Waals surface area contributed by atoms with E-state index >= 15 is 0 Å². The first-order chi connectivity index (χ1) is 11.6. The van der Waals surface area contributed by atoms with Crippen LogP contribution in [0, 0.1) is 20.8 Å². The lowest BCUT2D eigenvalue weighted by molar-refractivity contribution is 0.302. The van der Waals surface area contributed by atoms with Crippen molar-refractivity contribution >= 4 is 0 Å². The van der Waals surface area contributed by atoms with Crippen LogP contribution in [0.1, 0.15) is 48.8 Å². The zero-order valence-electron chi connectivity index (χ0n) is 15.4. The maximum Gasteiger partial charge on any atom is 0.122 e. The summed E-state index contributed by atoms with van der Waals surface area (Å²) in [4.78, 5) is 0. The van der Waals surface area contributed by atoms with Crippen LogP contribution in [0.15, 0.2) is 36.4 Å². The zero-order valence-corrected chi connectivity index (χ0v) is 15.4. The van der Waals surface area contributed by atoms with Crippen LogP contribution in [0.25, 0.3) is 11.1 Å². The number of ether oxygens (including phenoxy) is 1. The van der Waals surface area contributed by atoms with Crippen LogP contribution in [0.2, 0.25) is 0 Å². The number of unbranched alkanes of at least 4 members (excludes halogenated alkanes) is 4. The average Bonchev–Trinajstić information content (AvgIpc) is 2.57. The van der Waals surface area contributed by atoms with E-state index in [1.165, 1.54) is 47.1 Å². The number of hydrogen-bond donors (Lipinski definition) is 1. The minimum Gasteiger partial charge on any atom is -0.493 e. The summed E-state index contributed by atoms with van der Waals surface area (Å²) in [6.45, 7) is 8.12. The molecule has 2 aromatic carbocycles. The van der Waals surface area contributed by atoms with Gasteiger partial charge in [0.15, 0.2) is 0 Å². The molecular weight excluding hydrogens is 294 g/mol. The van der Waals surface area contributed by atoms with Crippen LogP contribution < -0.4 is 10.5 Å². The summed E-state index contributed by atoms with van der Waals surface area (Å²) in [7, 11) is 0.